The smallest absolute Gasteiger partial charge is 0.388 e. The highest BCUT2D eigenvalue weighted by Gasteiger charge is 2.17. The van der Waals surface area contributed by atoms with Gasteiger partial charge in [-0.15, -0.1) is 0 Å². The van der Waals surface area contributed by atoms with Crippen molar-refractivity contribution in [2.75, 3.05) is 10.6 Å². The third-order valence-electron chi connectivity index (χ3n) is 2.76. The Morgan fingerprint density at radius 1 is 1.29 bits per heavy atom. The summed E-state index contributed by atoms with van der Waals surface area (Å²) in [6.45, 7) is 5.34. The van der Waals surface area contributed by atoms with Crippen LogP contribution in [0, 0.1) is 20.8 Å². The number of aromatic nitrogens is 4. The Hall–Kier alpha value is -3.01. The molecule has 0 unspecified atom stereocenters. The van der Waals surface area contributed by atoms with E-state index in [1.807, 2.05) is 0 Å². The Bertz CT molecular complexity index is 875. The number of aryl methyl sites for hydroxylation is 3. The first-order chi connectivity index (χ1) is 11.5. The van der Waals surface area contributed by atoms with Crippen LogP contribution in [0.1, 0.15) is 16.5 Å². The van der Waals surface area contributed by atoms with Crippen molar-refractivity contribution >= 4 is 34.1 Å². The molecule has 0 radical (unpaired) electrons. The fourth-order valence-corrected chi connectivity index (χ4v) is 2.58. The monoisotopic (exact) mass is 346 g/mol. The summed E-state index contributed by atoms with van der Waals surface area (Å²) in [5.41, 5.74) is 0.734. The minimum Gasteiger partial charge on any atom is -0.388 e. The zero-order chi connectivity index (χ0) is 17.1. The van der Waals surface area contributed by atoms with Crippen molar-refractivity contribution < 1.29 is 14.1 Å². The van der Waals surface area contributed by atoms with Gasteiger partial charge in [-0.05, 0) is 26.8 Å². The Morgan fingerprint density at radius 2 is 2.12 bits per heavy atom. The minimum absolute atomic E-state index is 0.148. The molecule has 0 aliphatic rings. The van der Waals surface area contributed by atoms with E-state index in [0.29, 0.717) is 22.5 Å². The van der Waals surface area contributed by atoms with Gasteiger partial charge in [0.05, 0.1) is 10.7 Å². The molecule has 0 atom stereocenters. The molecule has 3 rings (SSSR count). The number of amides is 1. The summed E-state index contributed by atoms with van der Waals surface area (Å²) in [5, 5.41) is 10.6. The van der Waals surface area contributed by atoms with E-state index < -0.39 is 6.09 Å². The van der Waals surface area contributed by atoms with Gasteiger partial charge in [-0.1, -0.05) is 16.5 Å². The number of thiazole rings is 1. The molecule has 9 nitrogen and oxygen atoms in total. The van der Waals surface area contributed by atoms with Crippen LogP contribution in [-0.2, 0) is 0 Å². The van der Waals surface area contributed by atoms with Crippen molar-refractivity contribution in [2.24, 2.45) is 0 Å². The molecule has 3 aromatic rings. The Morgan fingerprint density at radius 3 is 2.83 bits per heavy atom. The number of nitrogens with zero attached hydrogens (tertiary/aromatic N) is 4. The van der Waals surface area contributed by atoms with Gasteiger partial charge in [-0.2, -0.15) is 0 Å². The second kappa shape index (κ2) is 6.62. The molecule has 2 N–H and O–H groups in total. The van der Waals surface area contributed by atoms with Crippen molar-refractivity contribution in [3.63, 3.8) is 0 Å². The molecule has 0 aromatic carbocycles. The maximum atomic E-state index is 12.0. The van der Waals surface area contributed by atoms with Gasteiger partial charge < -0.3 is 14.6 Å². The zero-order valence-electron chi connectivity index (χ0n) is 13.2. The van der Waals surface area contributed by atoms with Crippen LogP contribution in [0.5, 0.6) is 5.88 Å². The molecule has 0 spiro atoms. The second-order valence-electron chi connectivity index (χ2n) is 4.83. The van der Waals surface area contributed by atoms with Crippen LogP contribution in [0.3, 0.4) is 0 Å². The molecule has 0 bridgehead atoms. The summed E-state index contributed by atoms with van der Waals surface area (Å²) in [4.78, 5) is 24.2. The summed E-state index contributed by atoms with van der Waals surface area (Å²) in [5.74, 6) is 1.47. The number of ether oxygens (including phenoxy) is 1. The molecule has 1 amide bonds. The molecular formula is C14H14N6O3S. The molecule has 0 saturated heterocycles. The Labute approximate surface area is 141 Å². The third-order valence-corrected chi connectivity index (χ3v) is 3.63. The van der Waals surface area contributed by atoms with Crippen LogP contribution in [0.25, 0.3) is 0 Å². The predicted molar refractivity (Wildman–Crippen MR) is 87.8 cm³/mol. The van der Waals surface area contributed by atoms with Crippen LogP contribution in [0.15, 0.2) is 22.9 Å². The van der Waals surface area contributed by atoms with Gasteiger partial charge in [0.15, 0.2) is 5.00 Å². The van der Waals surface area contributed by atoms with Gasteiger partial charge in [0.25, 0.3) is 5.88 Å². The van der Waals surface area contributed by atoms with Crippen LogP contribution in [-0.4, -0.2) is 26.2 Å². The normalized spacial score (nSPS) is 10.5. The van der Waals surface area contributed by atoms with Crippen molar-refractivity contribution in [1.82, 2.24) is 20.1 Å². The number of anilines is 3. The second-order valence-corrected chi connectivity index (χ2v) is 6.03. The molecular weight excluding hydrogens is 332 g/mol. The third kappa shape index (κ3) is 3.84. The standard InChI is InChI=1S/C14H14N6O3S/c1-7-6-11(23-20-7)19-13-12(17-9(3)24-13)22-14(21)18-10-4-5-15-8(2)16-10/h4-6,19H,1-3H3,(H,15,16,18,21). The van der Waals surface area contributed by atoms with E-state index in [9.17, 15) is 4.79 Å². The van der Waals surface area contributed by atoms with Gasteiger partial charge >= 0.3 is 6.09 Å². The molecule has 0 fully saturated rings. The van der Waals surface area contributed by atoms with Crippen LogP contribution in [0.4, 0.5) is 21.5 Å². The molecule has 24 heavy (non-hydrogen) atoms. The van der Waals surface area contributed by atoms with Crippen LogP contribution >= 0.6 is 11.3 Å². The van der Waals surface area contributed by atoms with Crippen molar-refractivity contribution in [2.45, 2.75) is 20.8 Å². The summed E-state index contributed by atoms with van der Waals surface area (Å²) < 4.78 is 10.3. The van der Waals surface area contributed by atoms with E-state index in [4.69, 9.17) is 9.26 Å². The summed E-state index contributed by atoms with van der Waals surface area (Å²) in [6.07, 6.45) is 0.847. The van der Waals surface area contributed by atoms with Gasteiger partial charge in [-0.25, -0.2) is 19.7 Å². The molecule has 10 heteroatoms. The van der Waals surface area contributed by atoms with E-state index in [1.165, 1.54) is 11.3 Å². The molecule has 0 aliphatic carbocycles. The summed E-state index contributed by atoms with van der Waals surface area (Å²) in [7, 11) is 0. The maximum absolute atomic E-state index is 12.0. The molecule has 3 aromatic heterocycles. The topological polar surface area (TPSA) is 115 Å². The van der Waals surface area contributed by atoms with E-state index in [2.05, 4.69) is 30.7 Å². The SMILES string of the molecule is Cc1cc(Nc2sc(C)nc2OC(=O)Nc2ccnc(C)n2)on1. The molecule has 0 aliphatic heterocycles. The first kappa shape index (κ1) is 15.9. The lowest BCUT2D eigenvalue weighted by Gasteiger charge is -2.06. The van der Waals surface area contributed by atoms with E-state index >= 15 is 0 Å². The lowest BCUT2D eigenvalue weighted by molar-refractivity contribution is 0.213. The minimum atomic E-state index is -0.699. The largest absolute Gasteiger partial charge is 0.419 e. The van der Waals surface area contributed by atoms with Gasteiger partial charge in [0.2, 0.25) is 5.88 Å². The number of nitrogens with one attached hydrogen (secondary N) is 2. The van der Waals surface area contributed by atoms with E-state index in [0.717, 1.165) is 10.7 Å². The zero-order valence-corrected chi connectivity index (χ0v) is 14.0. The fraction of sp³-hybridized carbons (Fsp3) is 0.214. The average molecular weight is 346 g/mol. The van der Waals surface area contributed by atoms with Crippen LogP contribution in [0.2, 0.25) is 0 Å². The number of carbonyl (C=O) groups is 1. The lowest BCUT2D eigenvalue weighted by atomic mass is 10.5. The average Bonchev–Trinajstić information content (AvgIpc) is 3.05. The summed E-state index contributed by atoms with van der Waals surface area (Å²) in [6, 6.07) is 3.29. The highest BCUT2D eigenvalue weighted by Crippen LogP contribution is 2.33. The van der Waals surface area contributed by atoms with Crippen molar-refractivity contribution in [3.8, 4) is 5.88 Å². The molecule has 0 saturated carbocycles. The molecule has 3 heterocycles. The number of rotatable bonds is 4. The number of carbonyl (C=O) groups excluding carboxylic acids is 1. The maximum Gasteiger partial charge on any atom is 0.419 e. The quantitative estimate of drug-likeness (QED) is 0.740. The first-order valence-corrected chi connectivity index (χ1v) is 7.77. The fourth-order valence-electron chi connectivity index (χ4n) is 1.83. The van der Waals surface area contributed by atoms with E-state index in [-0.39, 0.29) is 5.88 Å². The highest BCUT2D eigenvalue weighted by atomic mass is 32.1. The van der Waals surface area contributed by atoms with Crippen molar-refractivity contribution in [1.29, 1.82) is 0 Å². The Balaban J connectivity index is 1.71. The van der Waals surface area contributed by atoms with Crippen LogP contribution < -0.4 is 15.4 Å². The predicted octanol–water partition coefficient (Wildman–Crippen LogP) is 3.20. The number of hydrogen-bond donors (Lipinski definition) is 2. The van der Waals surface area contributed by atoms with Gasteiger partial charge in [-0.3, -0.25) is 5.32 Å². The van der Waals surface area contributed by atoms with Gasteiger partial charge in [0, 0.05) is 12.3 Å². The molecule has 124 valence electrons. The summed E-state index contributed by atoms with van der Waals surface area (Å²) >= 11 is 1.33. The lowest BCUT2D eigenvalue weighted by Crippen LogP contribution is -2.18. The highest BCUT2D eigenvalue weighted by molar-refractivity contribution is 7.16. The van der Waals surface area contributed by atoms with Gasteiger partial charge in [0.1, 0.15) is 11.6 Å². The van der Waals surface area contributed by atoms with Crippen molar-refractivity contribution in [3.05, 3.63) is 34.9 Å². The van der Waals surface area contributed by atoms with E-state index in [1.54, 1.807) is 39.1 Å². The first-order valence-electron chi connectivity index (χ1n) is 6.96. The number of hydrogen-bond acceptors (Lipinski definition) is 9. The Kier molecular flexibility index (Phi) is 4.38.